The van der Waals surface area contributed by atoms with E-state index in [0.29, 0.717) is 17.7 Å². The van der Waals surface area contributed by atoms with Crippen molar-refractivity contribution in [1.29, 1.82) is 0 Å². The van der Waals surface area contributed by atoms with Crippen LogP contribution in [-0.4, -0.2) is 24.8 Å². The number of Topliss-reactive ketones (excluding diaryl/α,β-unsaturated/α-hetero) is 1. The zero-order valence-corrected chi connectivity index (χ0v) is 14.6. The summed E-state index contributed by atoms with van der Waals surface area (Å²) in [6.07, 6.45) is 4.15. The van der Waals surface area contributed by atoms with E-state index in [1.165, 1.54) is 31.9 Å². The molecule has 4 nitrogen and oxygen atoms in total. The molecule has 0 atom stereocenters. The number of piperidine rings is 1. The maximum absolute atomic E-state index is 12.2. The van der Waals surface area contributed by atoms with Gasteiger partial charge in [-0.1, -0.05) is 24.3 Å². The van der Waals surface area contributed by atoms with E-state index >= 15 is 0 Å². The summed E-state index contributed by atoms with van der Waals surface area (Å²) in [5.74, 6) is -0.0872. The number of nitrogens with one attached hydrogen (secondary N) is 1. The molecule has 1 heterocycles. The van der Waals surface area contributed by atoms with Crippen molar-refractivity contribution >= 4 is 23.1 Å². The first-order valence-corrected chi connectivity index (χ1v) is 8.86. The van der Waals surface area contributed by atoms with E-state index in [-0.39, 0.29) is 11.7 Å². The fraction of sp³-hybridized carbons (Fsp3) is 0.333. The van der Waals surface area contributed by atoms with Crippen LogP contribution in [0.25, 0.3) is 0 Å². The number of rotatable bonds is 5. The Balaban J connectivity index is 1.59. The van der Waals surface area contributed by atoms with Gasteiger partial charge in [0, 0.05) is 30.0 Å². The summed E-state index contributed by atoms with van der Waals surface area (Å²) < 4.78 is 0. The van der Waals surface area contributed by atoms with Crippen molar-refractivity contribution in [2.24, 2.45) is 0 Å². The fourth-order valence-corrected chi connectivity index (χ4v) is 3.18. The number of ketones is 1. The molecule has 0 unspecified atom stereocenters. The molecule has 1 aliphatic heterocycles. The number of nitrogens with zero attached hydrogens (tertiary/aromatic N) is 1. The molecule has 1 fully saturated rings. The number of anilines is 2. The summed E-state index contributed by atoms with van der Waals surface area (Å²) >= 11 is 0. The van der Waals surface area contributed by atoms with Gasteiger partial charge in [0.05, 0.1) is 6.42 Å². The molecule has 1 saturated heterocycles. The Morgan fingerprint density at radius 3 is 2.40 bits per heavy atom. The third kappa shape index (κ3) is 4.69. The van der Waals surface area contributed by atoms with Crippen LogP contribution in [0.2, 0.25) is 0 Å². The Morgan fingerprint density at radius 2 is 1.72 bits per heavy atom. The molecule has 0 bridgehead atoms. The Hall–Kier alpha value is -2.62. The van der Waals surface area contributed by atoms with Gasteiger partial charge in [0.1, 0.15) is 0 Å². The Kier molecular flexibility index (Phi) is 5.49. The van der Waals surface area contributed by atoms with Crippen LogP contribution < -0.4 is 10.2 Å². The molecule has 0 aromatic heterocycles. The van der Waals surface area contributed by atoms with Crippen molar-refractivity contribution in [3.05, 3.63) is 59.7 Å². The van der Waals surface area contributed by atoms with Gasteiger partial charge in [0.25, 0.3) is 0 Å². The van der Waals surface area contributed by atoms with Crippen molar-refractivity contribution in [1.82, 2.24) is 0 Å². The number of hydrogen-bond donors (Lipinski definition) is 1. The predicted octanol–water partition coefficient (Wildman–Crippen LogP) is 4.06. The van der Waals surface area contributed by atoms with Gasteiger partial charge in [-0.25, -0.2) is 0 Å². The van der Waals surface area contributed by atoms with Crippen molar-refractivity contribution in [2.75, 3.05) is 23.3 Å². The largest absolute Gasteiger partial charge is 0.372 e. The van der Waals surface area contributed by atoms with E-state index in [4.69, 9.17) is 0 Å². The van der Waals surface area contributed by atoms with E-state index in [1.807, 2.05) is 12.1 Å². The summed E-state index contributed by atoms with van der Waals surface area (Å²) in [6.45, 7) is 3.75. The normalized spacial score (nSPS) is 14.2. The van der Waals surface area contributed by atoms with Crippen LogP contribution in [0, 0.1) is 0 Å². The van der Waals surface area contributed by atoms with E-state index in [2.05, 4.69) is 22.3 Å². The molecule has 4 heteroatoms. The Bertz CT molecular complexity index is 747. The molecular formula is C21H24N2O2. The Labute approximate surface area is 148 Å². The lowest BCUT2D eigenvalue weighted by Crippen LogP contribution is -2.29. The molecule has 2 aromatic carbocycles. The average Bonchev–Trinajstić information content (AvgIpc) is 2.63. The first-order valence-electron chi connectivity index (χ1n) is 8.86. The van der Waals surface area contributed by atoms with E-state index in [9.17, 15) is 9.59 Å². The zero-order chi connectivity index (χ0) is 17.6. The average molecular weight is 336 g/mol. The summed E-state index contributed by atoms with van der Waals surface area (Å²) in [5, 5.41) is 2.86. The van der Waals surface area contributed by atoms with E-state index < -0.39 is 0 Å². The second kappa shape index (κ2) is 7.97. The van der Waals surface area contributed by atoms with Crippen molar-refractivity contribution in [2.45, 2.75) is 32.6 Å². The first kappa shape index (κ1) is 17.2. The van der Waals surface area contributed by atoms with Crippen LogP contribution in [0.4, 0.5) is 11.4 Å². The molecule has 1 N–H and O–H groups in total. The highest BCUT2D eigenvalue weighted by molar-refractivity contribution is 5.97. The third-order valence-electron chi connectivity index (χ3n) is 4.58. The predicted molar refractivity (Wildman–Crippen MR) is 101 cm³/mol. The van der Waals surface area contributed by atoms with Crippen LogP contribution in [-0.2, 0) is 11.2 Å². The number of benzene rings is 2. The van der Waals surface area contributed by atoms with Gasteiger partial charge in [-0.05, 0) is 56.0 Å². The van der Waals surface area contributed by atoms with E-state index in [1.54, 1.807) is 24.3 Å². The minimum absolute atomic E-state index is 0.00981. The molecule has 2 aromatic rings. The maximum atomic E-state index is 12.2. The van der Waals surface area contributed by atoms with Crippen LogP contribution in [0.1, 0.15) is 42.1 Å². The lowest BCUT2D eigenvalue weighted by atomic mass is 10.1. The molecule has 130 valence electrons. The molecule has 0 spiro atoms. The Morgan fingerprint density at radius 1 is 1.00 bits per heavy atom. The summed E-state index contributed by atoms with van der Waals surface area (Å²) in [4.78, 5) is 26.1. The van der Waals surface area contributed by atoms with Gasteiger partial charge in [0.15, 0.2) is 5.78 Å². The number of carbonyl (C=O) groups excluding carboxylic acids is 2. The fourth-order valence-electron chi connectivity index (χ4n) is 3.18. The number of carbonyl (C=O) groups is 2. The molecule has 25 heavy (non-hydrogen) atoms. The molecule has 0 radical (unpaired) electrons. The number of amides is 1. The lowest BCUT2D eigenvalue weighted by molar-refractivity contribution is -0.115. The SMILES string of the molecule is CC(=O)c1cccc(NC(=O)Cc2ccc(N3CCCCC3)cc2)c1. The highest BCUT2D eigenvalue weighted by Gasteiger charge is 2.11. The topological polar surface area (TPSA) is 49.4 Å². The van der Waals surface area contributed by atoms with Gasteiger partial charge in [-0.3, -0.25) is 9.59 Å². The van der Waals surface area contributed by atoms with Crippen LogP contribution in [0.5, 0.6) is 0 Å². The quantitative estimate of drug-likeness (QED) is 0.838. The molecule has 0 saturated carbocycles. The standard InChI is InChI=1S/C21H24N2O2/c1-16(24)18-6-5-7-19(15-18)22-21(25)14-17-8-10-20(11-9-17)23-12-3-2-4-13-23/h5-11,15H,2-4,12-14H2,1H3,(H,22,25). The summed E-state index contributed by atoms with van der Waals surface area (Å²) in [6, 6.07) is 15.3. The maximum Gasteiger partial charge on any atom is 0.228 e. The minimum Gasteiger partial charge on any atom is -0.372 e. The van der Waals surface area contributed by atoms with Gasteiger partial charge in [-0.15, -0.1) is 0 Å². The molecular weight excluding hydrogens is 312 g/mol. The van der Waals surface area contributed by atoms with Crippen molar-refractivity contribution in [3.8, 4) is 0 Å². The summed E-state index contributed by atoms with van der Waals surface area (Å²) in [7, 11) is 0. The minimum atomic E-state index is -0.0774. The molecule has 1 aliphatic rings. The van der Waals surface area contributed by atoms with Crippen LogP contribution in [0.3, 0.4) is 0 Å². The molecule has 1 amide bonds. The zero-order valence-electron chi connectivity index (χ0n) is 14.6. The number of hydrogen-bond acceptors (Lipinski definition) is 3. The van der Waals surface area contributed by atoms with Gasteiger partial charge in [-0.2, -0.15) is 0 Å². The highest BCUT2D eigenvalue weighted by Crippen LogP contribution is 2.20. The highest BCUT2D eigenvalue weighted by atomic mass is 16.1. The lowest BCUT2D eigenvalue weighted by Gasteiger charge is -2.28. The van der Waals surface area contributed by atoms with Crippen LogP contribution >= 0.6 is 0 Å². The van der Waals surface area contributed by atoms with Crippen molar-refractivity contribution < 1.29 is 9.59 Å². The van der Waals surface area contributed by atoms with Gasteiger partial charge >= 0.3 is 0 Å². The summed E-state index contributed by atoms with van der Waals surface area (Å²) in [5.41, 5.74) is 3.48. The van der Waals surface area contributed by atoms with E-state index in [0.717, 1.165) is 18.7 Å². The van der Waals surface area contributed by atoms with Crippen LogP contribution in [0.15, 0.2) is 48.5 Å². The third-order valence-corrected chi connectivity index (χ3v) is 4.58. The first-order chi connectivity index (χ1) is 12.1. The second-order valence-electron chi connectivity index (χ2n) is 6.58. The monoisotopic (exact) mass is 336 g/mol. The molecule has 3 rings (SSSR count). The van der Waals surface area contributed by atoms with Crippen molar-refractivity contribution in [3.63, 3.8) is 0 Å². The van der Waals surface area contributed by atoms with Gasteiger partial charge in [0.2, 0.25) is 5.91 Å². The molecule has 0 aliphatic carbocycles. The smallest absolute Gasteiger partial charge is 0.228 e. The second-order valence-corrected chi connectivity index (χ2v) is 6.58. The van der Waals surface area contributed by atoms with Gasteiger partial charge < -0.3 is 10.2 Å².